The van der Waals surface area contributed by atoms with E-state index in [1.165, 1.54) is 0 Å². The van der Waals surface area contributed by atoms with E-state index in [1.54, 1.807) is 35.1 Å². The molecule has 0 aliphatic rings. The van der Waals surface area contributed by atoms with Crippen molar-refractivity contribution in [1.82, 2.24) is 19.4 Å². The van der Waals surface area contributed by atoms with Crippen molar-refractivity contribution >= 4 is 34.6 Å². The highest BCUT2D eigenvalue weighted by Gasteiger charge is 2.12. The molecule has 0 unspecified atom stereocenters. The van der Waals surface area contributed by atoms with Gasteiger partial charge in [0.15, 0.2) is 0 Å². The second-order valence-corrected chi connectivity index (χ2v) is 8.51. The lowest BCUT2D eigenvalue weighted by molar-refractivity contribution is 0.809. The fourth-order valence-corrected chi connectivity index (χ4v) is 4.61. The Morgan fingerprint density at radius 1 is 1.00 bits per heavy atom. The molecule has 31 heavy (non-hydrogen) atoms. The molecule has 1 aromatic carbocycles. The van der Waals surface area contributed by atoms with E-state index in [2.05, 4.69) is 21.4 Å². The number of para-hydroxylation sites is 1. The van der Waals surface area contributed by atoms with Crippen molar-refractivity contribution in [2.75, 3.05) is 0 Å². The number of nitrogens with zero attached hydrogens (tertiary/aromatic N) is 6. The normalized spacial score (nSPS) is 12.1. The summed E-state index contributed by atoms with van der Waals surface area (Å²) >= 11 is 3.21. The Morgan fingerprint density at radius 2 is 1.90 bits per heavy atom. The lowest BCUT2D eigenvalue weighted by Crippen LogP contribution is -2.11. The van der Waals surface area contributed by atoms with Gasteiger partial charge in [-0.05, 0) is 42.6 Å². The average molecular weight is 443 g/mol. The molecule has 5 rings (SSSR count). The van der Waals surface area contributed by atoms with Crippen LogP contribution in [0.4, 0.5) is 5.69 Å². The third-order valence-corrected chi connectivity index (χ3v) is 6.36. The fraction of sp³-hybridized carbons (Fsp3) is 0.0435. The van der Waals surface area contributed by atoms with Crippen LogP contribution in [0.15, 0.2) is 94.0 Å². The monoisotopic (exact) mass is 442 g/mol. The average Bonchev–Trinajstić information content (AvgIpc) is 3.55. The molecule has 6 nitrogen and oxygen atoms in total. The summed E-state index contributed by atoms with van der Waals surface area (Å²) in [6, 6.07) is 18.0. The molecule has 5 aromatic rings. The van der Waals surface area contributed by atoms with Gasteiger partial charge in [0, 0.05) is 23.3 Å². The van der Waals surface area contributed by atoms with E-state index in [1.807, 2.05) is 82.6 Å². The van der Waals surface area contributed by atoms with Gasteiger partial charge >= 0.3 is 0 Å². The maximum absolute atomic E-state index is 4.83. The van der Waals surface area contributed by atoms with E-state index >= 15 is 0 Å². The Hall–Kier alpha value is -3.62. The van der Waals surface area contributed by atoms with Crippen molar-refractivity contribution in [1.29, 1.82) is 0 Å². The van der Waals surface area contributed by atoms with Crippen LogP contribution in [0.1, 0.15) is 11.3 Å². The Kier molecular flexibility index (Phi) is 5.39. The van der Waals surface area contributed by atoms with E-state index in [-0.39, 0.29) is 0 Å². The van der Waals surface area contributed by atoms with Gasteiger partial charge in [-0.1, -0.05) is 24.3 Å². The molecule has 0 atom stereocenters. The summed E-state index contributed by atoms with van der Waals surface area (Å²) in [7, 11) is 0. The number of benzene rings is 1. The molecule has 0 spiro atoms. The van der Waals surface area contributed by atoms with E-state index < -0.39 is 0 Å². The number of hydrogen-bond donors (Lipinski definition) is 0. The van der Waals surface area contributed by atoms with E-state index in [0.29, 0.717) is 0 Å². The van der Waals surface area contributed by atoms with Gasteiger partial charge in [0.2, 0.25) is 4.80 Å². The topological polar surface area (TPSA) is 60.4 Å². The zero-order chi connectivity index (χ0) is 21.0. The minimum Gasteiger partial charge on any atom is -0.262 e. The van der Waals surface area contributed by atoms with Crippen LogP contribution in [0, 0.1) is 6.92 Å². The zero-order valence-corrected chi connectivity index (χ0v) is 18.3. The maximum atomic E-state index is 4.83. The SMILES string of the molecule is Cc1csc(=Nc2cccnc2)n1N=Cc1cn(-c2ccccc2)nc1-c1cccs1. The first-order valence-corrected chi connectivity index (χ1v) is 11.4. The molecule has 0 radical (unpaired) electrons. The van der Waals surface area contributed by atoms with Crippen LogP contribution in [0.2, 0.25) is 0 Å². The molecular weight excluding hydrogens is 424 g/mol. The van der Waals surface area contributed by atoms with Crippen LogP contribution in [-0.4, -0.2) is 25.7 Å². The minimum atomic E-state index is 0.787. The first kappa shape index (κ1) is 19.3. The van der Waals surface area contributed by atoms with Crippen LogP contribution in [0.3, 0.4) is 0 Å². The van der Waals surface area contributed by atoms with Crippen LogP contribution in [-0.2, 0) is 0 Å². The summed E-state index contributed by atoms with van der Waals surface area (Å²) < 4.78 is 3.73. The molecule has 0 saturated heterocycles. The molecule has 0 fully saturated rings. The molecule has 0 aliphatic heterocycles. The van der Waals surface area contributed by atoms with E-state index in [0.717, 1.165) is 38.0 Å². The van der Waals surface area contributed by atoms with Crippen molar-refractivity contribution < 1.29 is 0 Å². The number of aromatic nitrogens is 4. The molecule has 152 valence electrons. The van der Waals surface area contributed by atoms with Crippen molar-refractivity contribution in [2.24, 2.45) is 10.1 Å². The first-order valence-electron chi connectivity index (χ1n) is 9.63. The van der Waals surface area contributed by atoms with Gasteiger partial charge in [0.05, 0.1) is 34.4 Å². The lowest BCUT2D eigenvalue weighted by Gasteiger charge is -1.98. The predicted octanol–water partition coefficient (Wildman–Crippen LogP) is 5.28. The summed E-state index contributed by atoms with van der Waals surface area (Å²) in [6.07, 6.45) is 7.33. The van der Waals surface area contributed by atoms with Gasteiger partial charge in [-0.2, -0.15) is 10.2 Å². The van der Waals surface area contributed by atoms with Gasteiger partial charge in [0.25, 0.3) is 0 Å². The third kappa shape index (κ3) is 4.16. The second kappa shape index (κ2) is 8.63. The number of hydrogen-bond acceptors (Lipinski definition) is 6. The number of pyridine rings is 1. The Balaban J connectivity index is 1.57. The third-order valence-electron chi connectivity index (χ3n) is 4.55. The Bertz CT molecular complexity index is 1380. The molecular formula is C23H18N6S2. The summed E-state index contributed by atoms with van der Waals surface area (Å²) in [5, 5.41) is 13.7. The fourth-order valence-electron chi connectivity index (χ4n) is 3.05. The summed E-state index contributed by atoms with van der Waals surface area (Å²) in [5.74, 6) is 0. The second-order valence-electron chi connectivity index (χ2n) is 6.73. The molecule has 4 heterocycles. The summed E-state index contributed by atoms with van der Waals surface area (Å²) in [5.41, 5.74) is 4.66. The lowest BCUT2D eigenvalue weighted by atomic mass is 10.2. The molecule has 0 bridgehead atoms. The number of aryl methyl sites for hydroxylation is 1. The van der Waals surface area contributed by atoms with Crippen LogP contribution in [0.5, 0.6) is 0 Å². The van der Waals surface area contributed by atoms with E-state index in [4.69, 9.17) is 10.2 Å². The molecule has 0 amide bonds. The van der Waals surface area contributed by atoms with Crippen LogP contribution < -0.4 is 4.80 Å². The number of thiophene rings is 1. The van der Waals surface area contributed by atoms with Gasteiger partial charge < -0.3 is 0 Å². The Morgan fingerprint density at radius 3 is 2.68 bits per heavy atom. The highest BCUT2D eigenvalue weighted by Crippen LogP contribution is 2.27. The highest BCUT2D eigenvalue weighted by molar-refractivity contribution is 7.13. The molecule has 8 heteroatoms. The quantitative estimate of drug-likeness (QED) is 0.348. The van der Waals surface area contributed by atoms with Crippen LogP contribution >= 0.6 is 22.7 Å². The van der Waals surface area contributed by atoms with Gasteiger partial charge in [-0.15, -0.1) is 22.7 Å². The summed E-state index contributed by atoms with van der Waals surface area (Å²) in [6.45, 7) is 2.02. The van der Waals surface area contributed by atoms with Crippen molar-refractivity contribution in [3.8, 4) is 16.3 Å². The molecule has 0 saturated carbocycles. The maximum Gasteiger partial charge on any atom is 0.211 e. The largest absolute Gasteiger partial charge is 0.262 e. The molecule has 4 aromatic heterocycles. The number of thiazole rings is 1. The first-order chi connectivity index (χ1) is 15.3. The van der Waals surface area contributed by atoms with Crippen molar-refractivity contribution in [3.05, 3.63) is 100 Å². The standard InChI is InChI=1S/C23H18N6S2/c1-17-16-31-23(26-19-7-5-11-24-14-19)29(17)25-13-18-15-28(20-8-3-2-4-9-20)27-22(18)21-10-6-12-30-21/h2-16H,1H3. The zero-order valence-electron chi connectivity index (χ0n) is 16.7. The smallest absolute Gasteiger partial charge is 0.211 e. The Labute approximate surface area is 187 Å². The minimum absolute atomic E-state index is 0.787. The van der Waals surface area contributed by atoms with Gasteiger partial charge in [-0.3, -0.25) is 4.98 Å². The van der Waals surface area contributed by atoms with Crippen molar-refractivity contribution in [2.45, 2.75) is 6.92 Å². The molecule has 0 aliphatic carbocycles. The van der Waals surface area contributed by atoms with E-state index in [9.17, 15) is 0 Å². The number of rotatable bonds is 5. The predicted molar refractivity (Wildman–Crippen MR) is 126 cm³/mol. The van der Waals surface area contributed by atoms with Crippen LogP contribution in [0.25, 0.3) is 16.3 Å². The van der Waals surface area contributed by atoms with Gasteiger partial charge in [-0.25, -0.2) is 14.4 Å². The van der Waals surface area contributed by atoms with Crippen molar-refractivity contribution in [3.63, 3.8) is 0 Å². The van der Waals surface area contributed by atoms with Gasteiger partial charge in [0.1, 0.15) is 5.69 Å². The highest BCUT2D eigenvalue weighted by atomic mass is 32.1. The summed E-state index contributed by atoms with van der Waals surface area (Å²) in [4.78, 5) is 10.7. The molecule has 0 N–H and O–H groups in total.